The Morgan fingerprint density at radius 1 is 1.56 bits per heavy atom. The molecule has 1 aromatic carbocycles. The zero-order valence-electron chi connectivity index (χ0n) is 8.59. The maximum atomic E-state index is 11.7. The van der Waals surface area contributed by atoms with Crippen LogP contribution >= 0.6 is 31.9 Å². The average Bonchev–Trinajstić information content (AvgIpc) is 2.28. The Morgan fingerprint density at radius 2 is 2.25 bits per heavy atom. The largest absolute Gasteiger partial charge is 0.462 e. The van der Waals surface area contributed by atoms with Crippen LogP contribution in [0, 0.1) is 11.3 Å². The van der Waals surface area contributed by atoms with Crippen LogP contribution in [0.2, 0.25) is 0 Å². The maximum Gasteiger partial charge on any atom is 0.338 e. The van der Waals surface area contributed by atoms with Crippen LogP contribution in [0.1, 0.15) is 28.4 Å². The first-order valence-corrected chi connectivity index (χ1v) is 6.51. The predicted octanol–water partition coefficient (Wildman–Crippen LogP) is 3.39. The molecule has 0 amide bonds. The van der Waals surface area contributed by atoms with Gasteiger partial charge in [0, 0.05) is 9.80 Å². The lowest BCUT2D eigenvalue weighted by atomic mass is 10.1. The summed E-state index contributed by atoms with van der Waals surface area (Å²) in [7, 11) is 0. The molecule has 0 atom stereocenters. The highest BCUT2D eigenvalue weighted by Crippen LogP contribution is 2.25. The summed E-state index contributed by atoms with van der Waals surface area (Å²) in [6.07, 6.45) is 0. The number of carbonyl (C=O) groups excluding carboxylic acids is 1. The molecule has 16 heavy (non-hydrogen) atoms. The molecule has 5 heteroatoms. The molecule has 3 nitrogen and oxygen atoms in total. The van der Waals surface area contributed by atoms with Gasteiger partial charge in [0.05, 0.1) is 23.8 Å². The summed E-state index contributed by atoms with van der Waals surface area (Å²) in [5, 5.41) is 9.35. The summed E-state index contributed by atoms with van der Waals surface area (Å²) < 4.78 is 5.66. The number of carbonyl (C=O) groups is 1. The molecule has 0 aliphatic heterocycles. The van der Waals surface area contributed by atoms with Gasteiger partial charge in [-0.25, -0.2) is 4.79 Å². The molecule has 0 aliphatic rings. The lowest BCUT2D eigenvalue weighted by molar-refractivity contribution is 0.0525. The van der Waals surface area contributed by atoms with E-state index in [0.29, 0.717) is 23.1 Å². The van der Waals surface area contributed by atoms with Crippen molar-refractivity contribution in [2.75, 3.05) is 6.61 Å². The lowest BCUT2D eigenvalue weighted by Crippen LogP contribution is -2.08. The van der Waals surface area contributed by atoms with E-state index in [9.17, 15) is 4.79 Å². The van der Waals surface area contributed by atoms with Gasteiger partial charge in [-0.2, -0.15) is 5.26 Å². The molecule has 1 rings (SSSR count). The summed E-state index contributed by atoms with van der Waals surface area (Å²) in [4.78, 5) is 11.7. The second kappa shape index (κ2) is 6.02. The van der Waals surface area contributed by atoms with Gasteiger partial charge >= 0.3 is 5.97 Å². The third-order valence-electron chi connectivity index (χ3n) is 1.95. The highest BCUT2D eigenvalue weighted by molar-refractivity contribution is 9.10. The van der Waals surface area contributed by atoms with Gasteiger partial charge in [-0.15, -0.1) is 0 Å². The van der Waals surface area contributed by atoms with Crippen LogP contribution in [0.5, 0.6) is 0 Å². The van der Waals surface area contributed by atoms with Crippen molar-refractivity contribution in [3.05, 3.63) is 33.3 Å². The molecule has 0 bridgehead atoms. The molecule has 0 radical (unpaired) electrons. The Kier molecular flexibility index (Phi) is 4.97. The number of halogens is 2. The molecule has 0 heterocycles. The number of hydrogen-bond acceptors (Lipinski definition) is 3. The van der Waals surface area contributed by atoms with Crippen molar-refractivity contribution in [2.24, 2.45) is 0 Å². The number of esters is 1. The fraction of sp³-hybridized carbons (Fsp3) is 0.273. The smallest absolute Gasteiger partial charge is 0.338 e. The number of alkyl halides is 1. The van der Waals surface area contributed by atoms with E-state index >= 15 is 0 Å². The molecule has 0 saturated heterocycles. The van der Waals surface area contributed by atoms with Crippen LogP contribution < -0.4 is 0 Å². The minimum atomic E-state index is -0.408. The highest BCUT2D eigenvalue weighted by atomic mass is 79.9. The van der Waals surface area contributed by atoms with Crippen LogP contribution in [0.4, 0.5) is 0 Å². The quantitative estimate of drug-likeness (QED) is 0.622. The maximum absolute atomic E-state index is 11.7. The summed E-state index contributed by atoms with van der Waals surface area (Å²) in [6.45, 7) is 2.06. The second-order valence-corrected chi connectivity index (χ2v) is 4.37. The number of rotatable bonds is 3. The van der Waals surface area contributed by atoms with Crippen molar-refractivity contribution in [1.29, 1.82) is 5.26 Å². The molecular weight excluding hydrogens is 338 g/mol. The molecule has 0 fully saturated rings. The van der Waals surface area contributed by atoms with E-state index < -0.39 is 5.97 Å². The standard InChI is InChI=1S/C11H9Br2NO2/c1-2-16-11(15)8-3-7(6-14)4-10(13)9(8)5-12/h3-4H,2,5H2,1H3. The predicted molar refractivity (Wildman–Crippen MR) is 67.4 cm³/mol. The zero-order valence-corrected chi connectivity index (χ0v) is 11.8. The topological polar surface area (TPSA) is 50.1 Å². The van der Waals surface area contributed by atoms with E-state index in [1.54, 1.807) is 19.1 Å². The summed E-state index contributed by atoms with van der Waals surface area (Å²) in [6, 6.07) is 5.22. The average molecular weight is 347 g/mol. The lowest BCUT2D eigenvalue weighted by Gasteiger charge is -2.09. The molecule has 0 saturated carbocycles. The number of nitriles is 1. The highest BCUT2D eigenvalue weighted by Gasteiger charge is 2.15. The van der Waals surface area contributed by atoms with Crippen LogP contribution in [0.3, 0.4) is 0 Å². The molecule has 0 aliphatic carbocycles. The molecule has 0 unspecified atom stereocenters. The van der Waals surface area contributed by atoms with Crippen molar-refractivity contribution in [3.8, 4) is 6.07 Å². The van der Waals surface area contributed by atoms with Crippen molar-refractivity contribution < 1.29 is 9.53 Å². The van der Waals surface area contributed by atoms with Crippen LogP contribution in [-0.4, -0.2) is 12.6 Å². The minimum Gasteiger partial charge on any atom is -0.462 e. The fourth-order valence-electron chi connectivity index (χ4n) is 1.23. The van der Waals surface area contributed by atoms with Gasteiger partial charge in [0.1, 0.15) is 0 Å². The first-order valence-electron chi connectivity index (χ1n) is 4.59. The van der Waals surface area contributed by atoms with E-state index in [0.717, 1.165) is 10.0 Å². The summed E-state index contributed by atoms with van der Waals surface area (Å²) in [5.74, 6) is -0.408. The Bertz CT molecular complexity index is 452. The van der Waals surface area contributed by atoms with Crippen LogP contribution in [-0.2, 0) is 10.1 Å². The summed E-state index contributed by atoms with van der Waals surface area (Å²) in [5.41, 5.74) is 1.64. The van der Waals surface area contributed by atoms with E-state index in [-0.39, 0.29) is 0 Å². The first kappa shape index (κ1) is 13.2. The van der Waals surface area contributed by atoms with Gasteiger partial charge in [0.25, 0.3) is 0 Å². The Labute approximate surface area is 111 Å². The number of benzene rings is 1. The van der Waals surface area contributed by atoms with Crippen molar-refractivity contribution in [3.63, 3.8) is 0 Å². The fourth-order valence-corrected chi connectivity index (χ4v) is 2.81. The van der Waals surface area contributed by atoms with E-state index in [1.807, 2.05) is 6.07 Å². The van der Waals surface area contributed by atoms with Gasteiger partial charge in [0.2, 0.25) is 0 Å². The van der Waals surface area contributed by atoms with Crippen molar-refractivity contribution >= 4 is 37.8 Å². The monoisotopic (exact) mass is 345 g/mol. The van der Waals surface area contributed by atoms with Gasteiger partial charge in [-0.3, -0.25) is 0 Å². The van der Waals surface area contributed by atoms with E-state index in [4.69, 9.17) is 10.00 Å². The van der Waals surface area contributed by atoms with E-state index in [1.165, 1.54) is 0 Å². The first-order chi connectivity index (χ1) is 7.63. The molecule has 0 N–H and O–H groups in total. The summed E-state index contributed by atoms with van der Waals surface area (Å²) >= 11 is 6.63. The molecular formula is C11H9Br2NO2. The number of nitrogens with zero attached hydrogens (tertiary/aromatic N) is 1. The SMILES string of the molecule is CCOC(=O)c1cc(C#N)cc(Br)c1CBr. The van der Waals surface area contributed by atoms with Gasteiger partial charge in [-0.05, 0) is 24.6 Å². The van der Waals surface area contributed by atoms with Crippen molar-refractivity contribution in [1.82, 2.24) is 0 Å². The Hall–Kier alpha value is -0.860. The Balaban J connectivity index is 3.29. The van der Waals surface area contributed by atoms with Crippen molar-refractivity contribution in [2.45, 2.75) is 12.3 Å². The second-order valence-electron chi connectivity index (χ2n) is 2.95. The molecule has 84 valence electrons. The van der Waals surface area contributed by atoms with Gasteiger partial charge in [-0.1, -0.05) is 31.9 Å². The molecule has 0 aromatic heterocycles. The van der Waals surface area contributed by atoms with Crippen LogP contribution in [0.25, 0.3) is 0 Å². The minimum absolute atomic E-state index is 0.314. The molecule has 0 spiro atoms. The number of hydrogen-bond donors (Lipinski definition) is 0. The Morgan fingerprint density at radius 3 is 2.75 bits per heavy atom. The third-order valence-corrected chi connectivity index (χ3v) is 3.22. The van der Waals surface area contributed by atoms with Gasteiger partial charge in [0.15, 0.2) is 0 Å². The normalized spacial score (nSPS) is 9.62. The van der Waals surface area contributed by atoms with E-state index in [2.05, 4.69) is 31.9 Å². The van der Waals surface area contributed by atoms with Crippen LogP contribution in [0.15, 0.2) is 16.6 Å². The molecule has 1 aromatic rings. The third kappa shape index (κ3) is 2.83. The van der Waals surface area contributed by atoms with Gasteiger partial charge < -0.3 is 4.74 Å². The number of ether oxygens (including phenoxy) is 1. The zero-order chi connectivity index (χ0) is 12.1.